The molecule has 7 nitrogen and oxygen atoms in total. The topological polar surface area (TPSA) is 94.1 Å². The average Bonchev–Trinajstić information content (AvgIpc) is 3.05. The van der Waals surface area contributed by atoms with Crippen molar-refractivity contribution in [2.75, 3.05) is 13.1 Å². The first-order chi connectivity index (χ1) is 10.6. The van der Waals surface area contributed by atoms with Gasteiger partial charge in [0.1, 0.15) is 12.1 Å². The molecule has 0 aliphatic heterocycles. The van der Waals surface area contributed by atoms with Gasteiger partial charge in [0.25, 0.3) is 5.91 Å². The summed E-state index contributed by atoms with van der Waals surface area (Å²) in [4.78, 5) is 33.4. The van der Waals surface area contributed by atoms with Crippen LogP contribution in [0.15, 0.2) is 37.1 Å². The van der Waals surface area contributed by atoms with Gasteiger partial charge in [-0.1, -0.05) is 13.3 Å². The number of unbranched alkanes of at least 4 members (excludes halogenated alkanes) is 1. The van der Waals surface area contributed by atoms with E-state index >= 15 is 0 Å². The van der Waals surface area contributed by atoms with Gasteiger partial charge >= 0.3 is 0 Å². The van der Waals surface area contributed by atoms with Crippen molar-refractivity contribution in [3.63, 3.8) is 0 Å². The summed E-state index contributed by atoms with van der Waals surface area (Å²) in [6.07, 6.45) is 8.29. The van der Waals surface area contributed by atoms with E-state index in [0.29, 0.717) is 17.9 Å². The molecule has 2 heterocycles. The van der Waals surface area contributed by atoms with E-state index in [2.05, 4.69) is 9.97 Å². The third-order valence-corrected chi connectivity index (χ3v) is 3.18. The molecule has 0 saturated heterocycles. The van der Waals surface area contributed by atoms with Crippen molar-refractivity contribution in [1.29, 1.82) is 0 Å². The number of pyridine rings is 1. The third kappa shape index (κ3) is 3.91. The first kappa shape index (κ1) is 15.7. The largest absolute Gasteiger partial charge is 0.368 e. The molecule has 2 rings (SSSR count). The summed E-state index contributed by atoms with van der Waals surface area (Å²) in [5.74, 6) is -0.151. The fraction of sp³-hybridized carbons (Fsp3) is 0.333. The maximum Gasteiger partial charge on any atom is 0.254 e. The predicted octanol–water partition coefficient (Wildman–Crippen LogP) is 0.995. The molecule has 116 valence electrons. The van der Waals surface area contributed by atoms with E-state index < -0.39 is 5.91 Å². The van der Waals surface area contributed by atoms with E-state index in [4.69, 9.17) is 5.73 Å². The van der Waals surface area contributed by atoms with Crippen LogP contribution in [0.1, 0.15) is 30.1 Å². The van der Waals surface area contributed by atoms with Crippen LogP contribution in [-0.2, 0) is 4.79 Å². The Morgan fingerprint density at radius 2 is 2.18 bits per heavy atom. The van der Waals surface area contributed by atoms with Crippen LogP contribution in [0.5, 0.6) is 0 Å². The van der Waals surface area contributed by atoms with Crippen LogP contribution in [-0.4, -0.2) is 44.3 Å². The Labute approximate surface area is 128 Å². The summed E-state index contributed by atoms with van der Waals surface area (Å²) < 4.78 is 1.71. The van der Waals surface area contributed by atoms with Gasteiger partial charge in [0.05, 0.1) is 6.54 Å². The Hall–Kier alpha value is -2.70. The number of hydrogen-bond acceptors (Lipinski definition) is 4. The van der Waals surface area contributed by atoms with Gasteiger partial charge in [-0.05, 0) is 18.6 Å². The highest BCUT2D eigenvalue weighted by Gasteiger charge is 2.18. The van der Waals surface area contributed by atoms with Crippen molar-refractivity contribution >= 4 is 11.8 Å². The van der Waals surface area contributed by atoms with Gasteiger partial charge in [-0.3, -0.25) is 14.2 Å². The number of carbonyl (C=O) groups is 2. The summed E-state index contributed by atoms with van der Waals surface area (Å²) >= 11 is 0. The maximum absolute atomic E-state index is 12.6. The minimum Gasteiger partial charge on any atom is -0.368 e. The number of amides is 2. The lowest BCUT2D eigenvalue weighted by molar-refractivity contribution is -0.118. The van der Waals surface area contributed by atoms with Crippen molar-refractivity contribution in [1.82, 2.24) is 19.4 Å². The van der Waals surface area contributed by atoms with Crippen molar-refractivity contribution in [3.05, 3.63) is 42.6 Å². The quantitative estimate of drug-likeness (QED) is 0.825. The van der Waals surface area contributed by atoms with Crippen LogP contribution >= 0.6 is 0 Å². The number of aromatic nitrogens is 3. The second-order valence-electron chi connectivity index (χ2n) is 4.92. The van der Waals surface area contributed by atoms with Crippen LogP contribution < -0.4 is 5.73 Å². The lowest BCUT2D eigenvalue weighted by atomic mass is 10.2. The van der Waals surface area contributed by atoms with Gasteiger partial charge in [0, 0.05) is 30.7 Å². The van der Waals surface area contributed by atoms with Gasteiger partial charge in [0.15, 0.2) is 0 Å². The first-order valence-corrected chi connectivity index (χ1v) is 7.13. The highest BCUT2D eigenvalue weighted by atomic mass is 16.2. The number of rotatable bonds is 7. The smallest absolute Gasteiger partial charge is 0.254 e. The number of nitrogens with two attached hydrogens (primary N) is 1. The van der Waals surface area contributed by atoms with Crippen LogP contribution in [0.2, 0.25) is 0 Å². The molecule has 0 aliphatic carbocycles. The minimum absolute atomic E-state index is 0.0818. The normalized spacial score (nSPS) is 10.4. The Bertz CT molecular complexity index is 639. The van der Waals surface area contributed by atoms with Crippen molar-refractivity contribution in [2.45, 2.75) is 19.8 Å². The van der Waals surface area contributed by atoms with E-state index in [1.807, 2.05) is 6.92 Å². The van der Waals surface area contributed by atoms with Gasteiger partial charge in [-0.2, -0.15) is 0 Å². The molecular weight excluding hydrogens is 282 g/mol. The average molecular weight is 301 g/mol. The molecule has 22 heavy (non-hydrogen) atoms. The van der Waals surface area contributed by atoms with Crippen LogP contribution in [0.25, 0.3) is 5.82 Å². The minimum atomic E-state index is -0.520. The van der Waals surface area contributed by atoms with E-state index in [-0.39, 0.29) is 12.5 Å². The number of primary amides is 1. The molecule has 0 spiro atoms. The van der Waals surface area contributed by atoms with Gasteiger partial charge < -0.3 is 10.6 Å². The zero-order chi connectivity index (χ0) is 15.9. The monoisotopic (exact) mass is 301 g/mol. The Morgan fingerprint density at radius 3 is 2.82 bits per heavy atom. The molecule has 0 bridgehead atoms. The molecule has 0 saturated carbocycles. The fourth-order valence-electron chi connectivity index (χ4n) is 2.06. The Morgan fingerprint density at radius 1 is 1.36 bits per heavy atom. The molecule has 2 aromatic heterocycles. The van der Waals surface area contributed by atoms with Gasteiger partial charge in [-0.25, -0.2) is 9.97 Å². The number of nitrogens with zero attached hydrogens (tertiary/aromatic N) is 4. The van der Waals surface area contributed by atoms with E-state index in [1.165, 1.54) is 4.90 Å². The molecule has 0 unspecified atom stereocenters. The molecule has 0 aromatic carbocycles. The summed E-state index contributed by atoms with van der Waals surface area (Å²) in [6, 6.07) is 3.30. The zero-order valence-corrected chi connectivity index (χ0v) is 12.5. The molecule has 0 radical (unpaired) electrons. The first-order valence-electron chi connectivity index (χ1n) is 7.13. The predicted molar refractivity (Wildman–Crippen MR) is 81.4 cm³/mol. The lowest BCUT2D eigenvalue weighted by Crippen LogP contribution is -2.39. The van der Waals surface area contributed by atoms with E-state index in [1.54, 1.807) is 41.6 Å². The van der Waals surface area contributed by atoms with Crippen LogP contribution in [0.3, 0.4) is 0 Å². The fourth-order valence-corrected chi connectivity index (χ4v) is 2.06. The third-order valence-electron chi connectivity index (χ3n) is 3.18. The second-order valence-corrected chi connectivity index (χ2v) is 4.92. The molecule has 2 N–H and O–H groups in total. The highest BCUT2D eigenvalue weighted by Crippen LogP contribution is 2.10. The van der Waals surface area contributed by atoms with Gasteiger partial charge in [0.2, 0.25) is 5.91 Å². The van der Waals surface area contributed by atoms with Gasteiger partial charge in [-0.15, -0.1) is 0 Å². The molecule has 7 heteroatoms. The molecule has 2 amide bonds. The molecular formula is C15H19N5O2. The summed E-state index contributed by atoms with van der Waals surface area (Å²) in [7, 11) is 0. The molecule has 2 aromatic rings. The Balaban J connectivity index is 2.22. The Kier molecular flexibility index (Phi) is 5.24. The molecule has 0 aliphatic rings. The maximum atomic E-state index is 12.6. The van der Waals surface area contributed by atoms with E-state index in [9.17, 15) is 9.59 Å². The standard InChI is InChI=1S/C15H19N5O2/c1-2-3-7-19(10-13(16)21)15(22)12-4-5-18-14(9-12)20-8-6-17-11-20/h4-6,8-9,11H,2-3,7,10H2,1H3,(H2,16,21). The lowest BCUT2D eigenvalue weighted by Gasteiger charge is -2.21. The second kappa shape index (κ2) is 7.35. The summed E-state index contributed by atoms with van der Waals surface area (Å²) in [5, 5.41) is 0. The zero-order valence-electron chi connectivity index (χ0n) is 12.5. The van der Waals surface area contributed by atoms with Crippen molar-refractivity contribution in [3.8, 4) is 5.82 Å². The van der Waals surface area contributed by atoms with Crippen molar-refractivity contribution in [2.24, 2.45) is 5.73 Å². The number of imidazole rings is 1. The van der Waals surface area contributed by atoms with Crippen LogP contribution in [0, 0.1) is 0 Å². The molecule has 0 fully saturated rings. The van der Waals surface area contributed by atoms with Crippen LogP contribution in [0.4, 0.5) is 0 Å². The SMILES string of the molecule is CCCCN(CC(N)=O)C(=O)c1ccnc(-n2ccnc2)c1. The number of carbonyl (C=O) groups excluding carboxylic acids is 2. The number of hydrogen-bond donors (Lipinski definition) is 1. The van der Waals surface area contributed by atoms with Crippen molar-refractivity contribution < 1.29 is 9.59 Å². The molecule has 0 atom stereocenters. The summed E-state index contributed by atoms with van der Waals surface area (Å²) in [5.41, 5.74) is 5.70. The highest BCUT2D eigenvalue weighted by molar-refractivity contribution is 5.96. The van der Waals surface area contributed by atoms with E-state index in [0.717, 1.165) is 12.8 Å². The summed E-state index contributed by atoms with van der Waals surface area (Å²) in [6.45, 7) is 2.44.